The van der Waals surface area contributed by atoms with E-state index < -0.39 is 5.92 Å². The van der Waals surface area contributed by atoms with Crippen LogP contribution in [0.25, 0.3) is 10.9 Å². The van der Waals surface area contributed by atoms with Gasteiger partial charge in [-0.2, -0.15) is 0 Å². The van der Waals surface area contributed by atoms with E-state index in [9.17, 15) is 8.78 Å². The van der Waals surface area contributed by atoms with Gasteiger partial charge in [-0.1, -0.05) is 35.9 Å². The Labute approximate surface area is 181 Å². The van der Waals surface area contributed by atoms with Gasteiger partial charge in [0.05, 0.1) is 18.7 Å². The number of nitrogens with zero attached hydrogens (tertiary/aromatic N) is 2. The van der Waals surface area contributed by atoms with E-state index in [1.807, 2.05) is 36.1 Å². The molecule has 2 heterocycles. The van der Waals surface area contributed by atoms with Crippen LogP contribution in [0.4, 0.5) is 20.3 Å². The van der Waals surface area contributed by atoms with Crippen LogP contribution in [-0.2, 0) is 17.2 Å². The Morgan fingerprint density at radius 2 is 2.00 bits per heavy atom. The number of pyridine rings is 1. The molecule has 0 fully saturated rings. The topological polar surface area (TPSA) is 63.4 Å². The summed E-state index contributed by atoms with van der Waals surface area (Å²) in [5.74, 6) is -2.16. The Morgan fingerprint density at radius 3 is 2.84 bits per heavy atom. The van der Waals surface area contributed by atoms with Gasteiger partial charge in [0.1, 0.15) is 5.82 Å². The lowest BCUT2D eigenvalue weighted by atomic mass is 10.0. The van der Waals surface area contributed by atoms with E-state index in [1.54, 1.807) is 12.1 Å². The summed E-state index contributed by atoms with van der Waals surface area (Å²) >= 11 is 0. The van der Waals surface area contributed by atoms with Gasteiger partial charge < -0.3 is 20.7 Å². The van der Waals surface area contributed by atoms with Gasteiger partial charge >= 0.3 is 0 Å². The molecule has 7 heteroatoms. The number of alkyl halides is 2. The highest BCUT2D eigenvalue weighted by Gasteiger charge is 2.37. The van der Waals surface area contributed by atoms with Crippen LogP contribution in [0.1, 0.15) is 23.1 Å². The van der Waals surface area contributed by atoms with Crippen molar-refractivity contribution in [3.8, 4) is 0 Å². The van der Waals surface area contributed by atoms with E-state index in [-0.39, 0.29) is 18.5 Å². The maximum atomic E-state index is 14.7. The first-order valence-electron chi connectivity index (χ1n) is 10.6. The van der Waals surface area contributed by atoms with E-state index in [2.05, 4.69) is 11.4 Å². The molecule has 0 bridgehead atoms. The summed E-state index contributed by atoms with van der Waals surface area (Å²) in [5, 5.41) is 4.43. The average molecular weight is 427 g/mol. The number of ether oxygens (including phenoxy) is 1. The minimum absolute atomic E-state index is 0.115. The molecule has 0 aliphatic carbocycles. The molecule has 0 atom stereocenters. The van der Waals surface area contributed by atoms with Gasteiger partial charge in [0.15, 0.2) is 0 Å². The van der Waals surface area contributed by atoms with E-state index in [0.717, 1.165) is 22.2 Å². The molecule has 0 saturated carbocycles. The molecule has 0 saturated heterocycles. The standard InChI is InChI=1S/C24H28F2N4O/c1-17-6-7-21-19(14-17)22(28-10-13-31-12-9-27)15-23(29-21)30-11-8-24(25,26)20-5-3-2-4-18(20)16-30/h2-7,14-15H,8-13,16,27H2,1H3,(H,28,29). The molecule has 1 aromatic heterocycles. The van der Waals surface area contributed by atoms with Gasteiger partial charge in [0.25, 0.3) is 5.92 Å². The third kappa shape index (κ3) is 4.78. The van der Waals surface area contributed by atoms with Crippen LogP contribution in [0.5, 0.6) is 0 Å². The van der Waals surface area contributed by atoms with E-state index in [4.69, 9.17) is 15.5 Å². The molecule has 3 N–H and O–H groups in total. The second-order valence-corrected chi connectivity index (χ2v) is 7.91. The summed E-state index contributed by atoms with van der Waals surface area (Å²) in [6.07, 6.45) is -0.243. The first-order chi connectivity index (χ1) is 15.0. The maximum absolute atomic E-state index is 14.7. The van der Waals surface area contributed by atoms with Gasteiger partial charge in [0.2, 0.25) is 0 Å². The molecule has 0 amide bonds. The fourth-order valence-electron chi connectivity index (χ4n) is 3.98. The molecule has 1 aliphatic rings. The van der Waals surface area contributed by atoms with Gasteiger partial charge in [-0.05, 0) is 24.6 Å². The zero-order chi connectivity index (χ0) is 21.8. The maximum Gasteiger partial charge on any atom is 0.275 e. The SMILES string of the molecule is Cc1ccc2nc(N3CCC(F)(F)c4ccccc4C3)cc(NCCOCCN)c2c1. The van der Waals surface area contributed by atoms with Gasteiger partial charge in [-0.15, -0.1) is 0 Å². The van der Waals surface area contributed by atoms with Gasteiger partial charge in [-0.25, -0.2) is 13.8 Å². The number of nitrogens with one attached hydrogen (secondary N) is 1. The van der Waals surface area contributed by atoms with E-state index in [1.165, 1.54) is 6.07 Å². The summed E-state index contributed by atoms with van der Waals surface area (Å²) in [6.45, 7) is 4.82. The molecule has 4 rings (SSSR count). The predicted molar refractivity (Wildman–Crippen MR) is 121 cm³/mol. The summed E-state index contributed by atoms with van der Waals surface area (Å²) < 4.78 is 34.9. The normalized spacial score (nSPS) is 15.5. The Bertz CT molecular complexity index is 1060. The molecular weight excluding hydrogens is 398 g/mol. The number of aromatic nitrogens is 1. The van der Waals surface area contributed by atoms with Crippen molar-refractivity contribution >= 4 is 22.4 Å². The van der Waals surface area contributed by atoms with Gasteiger partial charge in [0, 0.05) is 55.3 Å². The van der Waals surface area contributed by atoms with E-state index >= 15 is 0 Å². The Hall–Kier alpha value is -2.77. The van der Waals surface area contributed by atoms with Crippen LogP contribution in [0.2, 0.25) is 0 Å². The molecule has 3 aromatic rings. The highest BCUT2D eigenvalue weighted by atomic mass is 19.3. The predicted octanol–water partition coefficient (Wildman–Crippen LogP) is 4.43. The monoisotopic (exact) mass is 426 g/mol. The Balaban J connectivity index is 1.66. The molecule has 0 unspecified atom stereocenters. The summed E-state index contributed by atoms with van der Waals surface area (Å²) in [6, 6.07) is 14.8. The summed E-state index contributed by atoms with van der Waals surface area (Å²) in [7, 11) is 0. The average Bonchev–Trinajstić information content (AvgIpc) is 2.90. The minimum Gasteiger partial charge on any atom is -0.382 e. The first kappa shape index (κ1) is 21.5. The number of benzene rings is 2. The quantitative estimate of drug-likeness (QED) is 0.547. The molecule has 164 valence electrons. The third-order valence-corrected chi connectivity index (χ3v) is 5.57. The second kappa shape index (κ2) is 9.16. The zero-order valence-corrected chi connectivity index (χ0v) is 17.7. The molecule has 1 aliphatic heterocycles. The molecule has 0 spiro atoms. The highest BCUT2D eigenvalue weighted by molar-refractivity contribution is 5.93. The van der Waals surface area contributed by atoms with Crippen molar-refractivity contribution in [1.82, 2.24) is 4.98 Å². The first-order valence-corrected chi connectivity index (χ1v) is 10.6. The number of aryl methyl sites for hydroxylation is 1. The Kier molecular flexibility index (Phi) is 6.34. The van der Waals surface area contributed by atoms with Crippen LogP contribution in [0, 0.1) is 6.92 Å². The lowest BCUT2D eigenvalue weighted by Gasteiger charge is -2.24. The van der Waals surface area contributed by atoms with Crippen molar-refractivity contribution in [2.75, 3.05) is 43.1 Å². The second-order valence-electron chi connectivity index (χ2n) is 7.91. The van der Waals surface area contributed by atoms with Crippen molar-refractivity contribution in [1.29, 1.82) is 0 Å². The summed E-state index contributed by atoms with van der Waals surface area (Å²) in [4.78, 5) is 6.75. The lowest BCUT2D eigenvalue weighted by molar-refractivity contribution is -0.00967. The van der Waals surface area contributed by atoms with Crippen LogP contribution < -0.4 is 16.0 Å². The molecule has 5 nitrogen and oxygen atoms in total. The number of fused-ring (bicyclic) bond motifs is 2. The number of hydrogen-bond donors (Lipinski definition) is 2. The minimum atomic E-state index is -2.85. The number of rotatable bonds is 7. The van der Waals surface area contributed by atoms with Crippen molar-refractivity contribution in [2.24, 2.45) is 5.73 Å². The molecule has 2 aromatic carbocycles. The number of halogens is 2. The fourth-order valence-corrected chi connectivity index (χ4v) is 3.98. The fraction of sp³-hybridized carbons (Fsp3) is 0.375. The lowest BCUT2D eigenvalue weighted by Crippen LogP contribution is -2.25. The van der Waals surface area contributed by atoms with Crippen molar-refractivity contribution in [3.05, 3.63) is 65.2 Å². The molecular formula is C24H28F2N4O. The summed E-state index contributed by atoms with van der Waals surface area (Å²) in [5.41, 5.74) is 9.11. The van der Waals surface area contributed by atoms with Crippen LogP contribution in [0.15, 0.2) is 48.5 Å². The molecule has 0 radical (unpaired) electrons. The molecule has 31 heavy (non-hydrogen) atoms. The van der Waals surface area contributed by atoms with Gasteiger partial charge in [-0.3, -0.25) is 0 Å². The number of anilines is 2. The number of nitrogens with two attached hydrogens (primary N) is 1. The number of hydrogen-bond acceptors (Lipinski definition) is 5. The van der Waals surface area contributed by atoms with Crippen molar-refractivity contribution < 1.29 is 13.5 Å². The van der Waals surface area contributed by atoms with Crippen LogP contribution >= 0.6 is 0 Å². The third-order valence-electron chi connectivity index (χ3n) is 5.57. The Morgan fingerprint density at radius 1 is 1.16 bits per heavy atom. The largest absolute Gasteiger partial charge is 0.382 e. The van der Waals surface area contributed by atoms with Crippen molar-refractivity contribution in [3.63, 3.8) is 0 Å². The van der Waals surface area contributed by atoms with Crippen LogP contribution in [0.3, 0.4) is 0 Å². The van der Waals surface area contributed by atoms with Crippen LogP contribution in [-0.4, -0.2) is 37.8 Å². The smallest absolute Gasteiger partial charge is 0.275 e. The zero-order valence-electron chi connectivity index (χ0n) is 17.7. The van der Waals surface area contributed by atoms with E-state index in [0.29, 0.717) is 44.2 Å². The highest BCUT2D eigenvalue weighted by Crippen LogP contribution is 2.38. The van der Waals surface area contributed by atoms with Crippen molar-refractivity contribution in [2.45, 2.75) is 25.8 Å².